The summed E-state index contributed by atoms with van der Waals surface area (Å²) in [5, 5.41) is 3.63. The first kappa shape index (κ1) is 15.1. The Kier molecular flexibility index (Phi) is 6.13. The van der Waals surface area contributed by atoms with E-state index in [2.05, 4.69) is 49.5 Å². The fraction of sp³-hybridized carbons (Fsp3) is 0.556. The number of rotatable bonds is 7. The van der Waals surface area contributed by atoms with Crippen LogP contribution in [0.15, 0.2) is 35.9 Å². The van der Waals surface area contributed by atoms with E-state index < -0.39 is 0 Å². The summed E-state index contributed by atoms with van der Waals surface area (Å²) in [4.78, 5) is 0. The Hall–Kier alpha value is -1.28. The summed E-state index contributed by atoms with van der Waals surface area (Å²) in [6, 6.07) is 8.91. The molecule has 0 radical (unpaired) electrons. The van der Waals surface area contributed by atoms with Crippen molar-refractivity contribution in [1.29, 1.82) is 0 Å². The van der Waals surface area contributed by atoms with Crippen LogP contribution in [-0.2, 0) is 0 Å². The first-order chi connectivity index (χ1) is 9.85. The quantitative estimate of drug-likeness (QED) is 0.732. The lowest BCUT2D eigenvalue weighted by Gasteiger charge is -2.25. The molecule has 1 aromatic rings. The molecule has 110 valence electrons. The molecule has 0 saturated carbocycles. The van der Waals surface area contributed by atoms with E-state index in [9.17, 15) is 0 Å². The second-order valence-corrected chi connectivity index (χ2v) is 5.44. The molecule has 0 aliphatic heterocycles. The van der Waals surface area contributed by atoms with Crippen molar-refractivity contribution in [1.82, 2.24) is 5.32 Å². The summed E-state index contributed by atoms with van der Waals surface area (Å²) in [7, 11) is 0. The lowest BCUT2D eigenvalue weighted by molar-refractivity contribution is 0.317. The molecule has 0 fully saturated rings. The molecule has 0 amide bonds. The Bertz CT molecular complexity index is 439. The Balaban J connectivity index is 2.17. The third-order valence-corrected chi connectivity index (χ3v) is 3.77. The molecular weight excluding hydrogens is 246 g/mol. The van der Waals surface area contributed by atoms with Crippen LogP contribution in [-0.4, -0.2) is 13.2 Å². The van der Waals surface area contributed by atoms with Crippen LogP contribution in [0.25, 0.3) is 0 Å². The van der Waals surface area contributed by atoms with Crippen LogP contribution in [0.2, 0.25) is 0 Å². The molecule has 2 heteroatoms. The molecule has 0 heterocycles. The minimum Gasteiger partial charge on any atom is -0.494 e. The van der Waals surface area contributed by atoms with Crippen molar-refractivity contribution >= 4 is 0 Å². The fourth-order valence-electron chi connectivity index (χ4n) is 2.80. The van der Waals surface area contributed by atoms with Crippen LogP contribution in [0.4, 0.5) is 0 Å². The molecular formula is C18H27NO. The third-order valence-electron chi connectivity index (χ3n) is 3.77. The van der Waals surface area contributed by atoms with Gasteiger partial charge in [-0.05, 0) is 56.3 Å². The fourth-order valence-corrected chi connectivity index (χ4v) is 2.80. The van der Waals surface area contributed by atoms with E-state index in [0.717, 1.165) is 25.3 Å². The molecule has 0 aromatic heterocycles. The number of likely N-dealkylation sites (N-methyl/N-ethyl adjacent to an activating group) is 1. The van der Waals surface area contributed by atoms with Gasteiger partial charge in [0.05, 0.1) is 12.6 Å². The number of ether oxygens (including phenoxy) is 1. The SMILES string of the molecule is CCCOc1cccc(C(NCC)C2=CCCCC2)c1. The molecule has 2 rings (SSSR count). The molecule has 1 atom stereocenters. The average molecular weight is 273 g/mol. The largest absolute Gasteiger partial charge is 0.494 e. The number of hydrogen-bond acceptors (Lipinski definition) is 2. The summed E-state index contributed by atoms with van der Waals surface area (Å²) >= 11 is 0. The van der Waals surface area contributed by atoms with Crippen LogP contribution in [0.1, 0.15) is 57.6 Å². The summed E-state index contributed by atoms with van der Waals surface area (Å²) in [6.07, 6.45) is 8.57. The van der Waals surface area contributed by atoms with Crippen molar-refractivity contribution in [2.75, 3.05) is 13.2 Å². The highest BCUT2D eigenvalue weighted by molar-refractivity contribution is 5.35. The molecule has 0 bridgehead atoms. The highest BCUT2D eigenvalue weighted by atomic mass is 16.5. The zero-order chi connectivity index (χ0) is 14.2. The van der Waals surface area contributed by atoms with Crippen molar-refractivity contribution in [2.24, 2.45) is 0 Å². The molecule has 0 saturated heterocycles. The van der Waals surface area contributed by atoms with E-state index in [1.165, 1.54) is 31.2 Å². The number of nitrogens with one attached hydrogen (secondary N) is 1. The molecule has 2 nitrogen and oxygen atoms in total. The van der Waals surface area contributed by atoms with Crippen LogP contribution in [0.5, 0.6) is 5.75 Å². The predicted octanol–water partition coefficient (Wildman–Crippen LogP) is 4.63. The summed E-state index contributed by atoms with van der Waals surface area (Å²) < 4.78 is 5.76. The second-order valence-electron chi connectivity index (χ2n) is 5.44. The number of benzene rings is 1. The van der Waals surface area contributed by atoms with E-state index in [-0.39, 0.29) is 0 Å². The van der Waals surface area contributed by atoms with Gasteiger partial charge in [0.15, 0.2) is 0 Å². The van der Waals surface area contributed by atoms with Gasteiger partial charge in [0, 0.05) is 0 Å². The van der Waals surface area contributed by atoms with Crippen molar-refractivity contribution in [2.45, 2.75) is 52.0 Å². The zero-order valence-electron chi connectivity index (χ0n) is 12.8. The van der Waals surface area contributed by atoms with E-state index in [1.54, 1.807) is 5.57 Å². The maximum atomic E-state index is 5.76. The highest BCUT2D eigenvalue weighted by Crippen LogP contribution is 2.31. The maximum absolute atomic E-state index is 5.76. The normalized spacial score (nSPS) is 16.6. The van der Waals surface area contributed by atoms with Gasteiger partial charge >= 0.3 is 0 Å². The van der Waals surface area contributed by atoms with Crippen LogP contribution < -0.4 is 10.1 Å². The van der Waals surface area contributed by atoms with Crippen molar-refractivity contribution < 1.29 is 4.74 Å². The molecule has 1 N–H and O–H groups in total. The van der Waals surface area contributed by atoms with Gasteiger partial charge in [-0.25, -0.2) is 0 Å². The molecule has 0 spiro atoms. The molecule has 1 aromatic carbocycles. The van der Waals surface area contributed by atoms with Crippen molar-refractivity contribution in [3.63, 3.8) is 0 Å². The van der Waals surface area contributed by atoms with Gasteiger partial charge in [-0.1, -0.05) is 37.6 Å². The van der Waals surface area contributed by atoms with Gasteiger partial charge < -0.3 is 10.1 Å². The number of hydrogen-bond donors (Lipinski definition) is 1. The summed E-state index contributed by atoms with van der Waals surface area (Å²) in [5.41, 5.74) is 2.87. The van der Waals surface area contributed by atoms with Crippen molar-refractivity contribution in [3.05, 3.63) is 41.5 Å². The molecule has 1 unspecified atom stereocenters. The van der Waals surface area contributed by atoms with Crippen LogP contribution in [0, 0.1) is 0 Å². The second kappa shape index (κ2) is 8.11. The van der Waals surface area contributed by atoms with E-state index in [4.69, 9.17) is 4.74 Å². The van der Waals surface area contributed by atoms with Crippen molar-refractivity contribution in [3.8, 4) is 5.75 Å². The van der Waals surface area contributed by atoms with E-state index >= 15 is 0 Å². The lowest BCUT2D eigenvalue weighted by atomic mass is 9.89. The first-order valence-electron chi connectivity index (χ1n) is 8.00. The Morgan fingerprint density at radius 2 is 2.15 bits per heavy atom. The summed E-state index contributed by atoms with van der Waals surface area (Å²) in [5.74, 6) is 0.990. The minimum atomic E-state index is 0.352. The Morgan fingerprint density at radius 1 is 1.25 bits per heavy atom. The van der Waals surface area contributed by atoms with E-state index in [0.29, 0.717) is 6.04 Å². The first-order valence-corrected chi connectivity index (χ1v) is 8.00. The Labute approximate surface area is 123 Å². The molecule has 1 aliphatic rings. The maximum Gasteiger partial charge on any atom is 0.119 e. The smallest absolute Gasteiger partial charge is 0.119 e. The van der Waals surface area contributed by atoms with E-state index in [1.807, 2.05) is 0 Å². The highest BCUT2D eigenvalue weighted by Gasteiger charge is 2.17. The molecule has 1 aliphatic carbocycles. The van der Waals surface area contributed by atoms with Crippen LogP contribution >= 0.6 is 0 Å². The van der Waals surface area contributed by atoms with Gasteiger partial charge in [0.2, 0.25) is 0 Å². The van der Waals surface area contributed by atoms with Gasteiger partial charge in [-0.3, -0.25) is 0 Å². The summed E-state index contributed by atoms with van der Waals surface area (Å²) in [6.45, 7) is 6.09. The molecule has 20 heavy (non-hydrogen) atoms. The standard InChI is InChI=1S/C18H27NO/c1-3-13-20-17-12-8-11-16(14-17)18(19-4-2)15-9-6-5-7-10-15/h8-9,11-12,14,18-19H,3-7,10,13H2,1-2H3. The van der Waals surface area contributed by atoms with Gasteiger partial charge in [-0.2, -0.15) is 0 Å². The van der Waals surface area contributed by atoms with Gasteiger partial charge in [0.1, 0.15) is 5.75 Å². The average Bonchev–Trinajstić information content (AvgIpc) is 2.52. The minimum absolute atomic E-state index is 0.352. The monoisotopic (exact) mass is 273 g/mol. The third kappa shape index (κ3) is 4.11. The zero-order valence-corrected chi connectivity index (χ0v) is 12.8. The van der Waals surface area contributed by atoms with Gasteiger partial charge in [0.25, 0.3) is 0 Å². The number of allylic oxidation sites excluding steroid dienone is 1. The lowest BCUT2D eigenvalue weighted by Crippen LogP contribution is -2.23. The Morgan fingerprint density at radius 3 is 2.85 bits per heavy atom. The van der Waals surface area contributed by atoms with Crippen LogP contribution in [0.3, 0.4) is 0 Å². The van der Waals surface area contributed by atoms with Gasteiger partial charge in [-0.15, -0.1) is 0 Å². The topological polar surface area (TPSA) is 21.3 Å². The predicted molar refractivity (Wildman–Crippen MR) is 85.2 cm³/mol.